The van der Waals surface area contributed by atoms with Gasteiger partial charge >= 0.3 is 6.03 Å². The highest BCUT2D eigenvalue weighted by Crippen LogP contribution is 2.34. The molecule has 0 aliphatic carbocycles. The first-order valence-electron chi connectivity index (χ1n) is 8.21. The van der Waals surface area contributed by atoms with E-state index in [4.69, 9.17) is 23.2 Å². The van der Waals surface area contributed by atoms with Crippen molar-refractivity contribution < 1.29 is 9.90 Å². The number of nitrogens with one attached hydrogen (secondary N) is 3. The third kappa shape index (κ3) is 6.18. The molecule has 0 bridgehead atoms. The summed E-state index contributed by atoms with van der Waals surface area (Å²) in [5.41, 5.74) is 1.40. The van der Waals surface area contributed by atoms with Crippen LogP contribution in [0.4, 0.5) is 16.2 Å². The first kappa shape index (κ1) is 20.5. The molecule has 0 aliphatic heterocycles. The Morgan fingerprint density at radius 3 is 2.19 bits per heavy atom. The molecule has 0 fully saturated rings. The fourth-order valence-electron chi connectivity index (χ4n) is 2.22. The van der Waals surface area contributed by atoms with Gasteiger partial charge in [-0.25, -0.2) is 4.79 Å². The summed E-state index contributed by atoms with van der Waals surface area (Å²) in [4.78, 5) is 12.1. The predicted molar refractivity (Wildman–Crippen MR) is 108 cm³/mol. The molecule has 0 aliphatic rings. The van der Waals surface area contributed by atoms with Crippen LogP contribution < -0.4 is 16.0 Å². The van der Waals surface area contributed by atoms with E-state index >= 15 is 0 Å². The van der Waals surface area contributed by atoms with Gasteiger partial charge in [-0.1, -0.05) is 41.4 Å². The average molecular weight is 396 g/mol. The molecule has 1 atom stereocenters. The number of aliphatic hydroxyl groups excluding tert-OH is 1. The second-order valence-corrected chi connectivity index (χ2v) is 7.77. The zero-order chi connectivity index (χ0) is 19.3. The quantitative estimate of drug-likeness (QED) is 0.571. The summed E-state index contributed by atoms with van der Waals surface area (Å²) in [5.74, 6) is 0. The first-order chi connectivity index (χ1) is 12.2. The van der Waals surface area contributed by atoms with E-state index in [2.05, 4.69) is 16.0 Å². The maximum atomic E-state index is 12.1. The zero-order valence-electron chi connectivity index (χ0n) is 14.9. The Morgan fingerprint density at radius 2 is 1.65 bits per heavy atom. The van der Waals surface area contributed by atoms with Gasteiger partial charge in [-0.3, -0.25) is 0 Å². The smallest absolute Gasteiger partial charge is 0.323 e. The summed E-state index contributed by atoms with van der Waals surface area (Å²) in [6, 6.07) is 11.8. The highest BCUT2D eigenvalue weighted by Gasteiger charge is 2.17. The van der Waals surface area contributed by atoms with E-state index in [1.165, 1.54) is 0 Å². The first-order valence-corrected chi connectivity index (χ1v) is 8.96. The summed E-state index contributed by atoms with van der Waals surface area (Å²) in [6.45, 7) is 6.39. The maximum Gasteiger partial charge on any atom is 0.323 e. The number of carbonyl (C=O) groups is 1. The minimum Gasteiger partial charge on any atom is -0.387 e. The second-order valence-electron chi connectivity index (χ2n) is 6.95. The van der Waals surface area contributed by atoms with E-state index in [1.807, 2.05) is 39.0 Å². The lowest BCUT2D eigenvalue weighted by Gasteiger charge is -2.23. The Hall–Kier alpha value is -1.79. The van der Waals surface area contributed by atoms with Crippen LogP contribution in [0.2, 0.25) is 10.0 Å². The summed E-state index contributed by atoms with van der Waals surface area (Å²) in [7, 11) is 0. The number of hydrogen-bond donors (Lipinski definition) is 4. The fraction of sp³-hybridized carbons (Fsp3) is 0.316. The minimum atomic E-state index is -0.767. The monoisotopic (exact) mass is 395 g/mol. The highest BCUT2D eigenvalue weighted by atomic mass is 35.5. The zero-order valence-corrected chi connectivity index (χ0v) is 16.4. The third-order valence-electron chi connectivity index (χ3n) is 3.55. The van der Waals surface area contributed by atoms with Gasteiger partial charge < -0.3 is 21.1 Å². The predicted octanol–water partition coefficient (Wildman–Crippen LogP) is 5.06. The molecule has 0 spiro atoms. The number of urea groups is 1. The molecule has 1 unspecified atom stereocenters. The topological polar surface area (TPSA) is 73.4 Å². The molecule has 4 N–H and O–H groups in total. The molecule has 26 heavy (non-hydrogen) atoms. The molecule has 2 aromatic rings. The van der Waals surface area contributed by atoms with Crippen LogP contribution in [0.25, 0.3) is 0 Å². The number of carbonyl (C=O) groups excluding carboxylic acids is 1. The Balaban J connectivity index is 2.07. The Labute approximate surface area is 163 Å². The van der Waals surface area contributed by atoms with Crippen molar-refractivity contribution in [3.05, 3.63) is 58.1 Å². The molecule has 0 heterocycles. The number of aliphatic hydroxyl groups is 1. The van der Waals surface area contributed by atoms with Gasteiger partial charge in [-0.15, -0.1) is 0 Å². The molecule has 7 heteroatoms. The van der Waals surface area contributed by atoms with Crippen molar-refractivity contribution in [3.63, 3.8) is 0 Å². The molecule has 2 amide bonds. The molecule has 2 aromatic carbocycles. The molecular weight excluding hydrogens is 373 g/mol. The van der Waals surface area contributed by atoms with Gasteiger partial charge in [-0.05, 0) is 50.6 Å². The molecule has 0 aromatic heterocycles. The SMILES string of the molecule is CC(C)(C)NCC(O)c1cc(Cl)c(NC(=O)Nc2ccccc2)c(Cl)c1. The fourth-order valence-corrected chi connectivity index (χ4v) is 2.82. The van der Waals surface area contributed by atoms with Crippen molar-refractivity contribution in [1.82, 2.24) is 5.32 Å². The van der Waals surface area contributed by atoms with Gasteiger partial charge in [0.25, 0.3) is 0 Å². The van der Waals surface area contributed by atoms with Crippen molar-refractivity contribution in [3.8, 4) is 0 Å². The molecule has 0 saturated carbocycles. The molecular formula is C19H23Cl2N3O2. The van der Waals surface area contributed by atoms with Crippen LogP contribution in [0.15, 0.2) is 42.5 Å². The molecule has 0 saturated heterocycles. The maximum absolute atomic E-state index is 12.1. The molecule has 0 radical (unpaired) electrons. The van der Waals surface area contributed by atoms with Crippen LogP contribution in [0.1, 0.15) is 32.4 Å². The number of amides is 2. The van der Waals surface area contributed by atoms with Crippen LogP contribution in [0, 0.1) is 0 Å². The summed E-state index contributed by atoms with van der Waals surface area (Å²) < 4.78 is 0. The lowest BCUT2D eigenvalue weighted by Crippen LogP contribution is -2.38. The van der Waals surface area contributed by atoms with E-state index in [0.717, 1.165) is 0 Å². The van der Waals surface area contributed by atoms with Crippen molar-refractivity contribution in [2.75, 3.05) is 17.2 Å². The van der Waals surface area contributed by atoms with Crippen molar-refractivity contribution >= 4 is 40.6 Å². The van der Waals surface area contributed by atoms with Gasteiger partial charge in [0, 0.05) is 17.8 Å². The number of para-hydroxylation sites is 1. The van der Waals surface area contributed by atoms with E-state index in [0.29, 0.717) is 23.5 Å². The number of anilines is 2. The summed E-state index contributed by atoms with van der Waals surface area (Å²) in [5, 5.41) is 19.4. The Morgan fingerprint density at radius 1 is 1.08 bits per heavy atom. The Bertz CT molecular complexity index is 738. The normalized spacial score (nSPS) is 12.5. The summed E-state index contributed by atoms with van der Waals surface area (Å²) >= 11 is 12.5. The van der Waals surface area contributed by atoms with Crippen molar-refractivity contribution in [2.45, 2.75) is 32.4 Å². The summed E-state index contributed by atoms with van der Waals surface area (Å²) in [6.07, 6.45) is -0.767. The van der Waals surface area contributed by atoms with Crippen LogP contribution >= 0.6 is 23.2 Å². The van der Waals surface area contributed by atoms with Gasteiger partial charge in [0.05, 0.1) is 21.8 Å². The van der Waals surface area contributed by atoms with Gasteiger partial charge in [-0.2, -0.15) is 0 Å². The number of hydrogen-bond acceptors (Lipinski definition) is 3. The standard InChI is InChI=1S/C19H23Cl2N3O2/c1-19(2,3)22-11-16(25)12-9-14(20)17(15(21)10-12)24-18(26)23-13-7-5-4-6-8-13/h4-10,16,22,25H,11H2,1-3H3,(H2,23,24,26). The van der Waals surface area contributed by atoms with Crippen LogP contribution in [-0.2, 0) is 0 Å². The van der Waals surface area contributed by atoms with Gasteiger partial charge in [0.2, 0.25) is 0 Å². The van der Waals surface area contributed by atoms with E-state index < -0.39 is 12.1 Å². The largest absolute Gasteiger partial charge is 0.387 e. The van der Waals surface area contributed by atoms with Crippen LogP contribution in [0.5, 0.6) is 0 Å². The third-order valence-corrected chi connectivity index (χ3v) is 4.14. The number of rotatable bonds is 5. The molecule has 140 valence electrons. The van der Waals surface area contributed by atoms with Gasteiger partial charge in [0.1, 0.15) is 0 Å². The molecule has 2 rings (SSSR count). The lowest BCUT2D eigenvalue weighted by molar-refractivity contribution is 0.163. The lowest BCUT2D eigenvalue weighted by atomic mass is 10.1. The van der Waals surface area contributed by atoms with E-state index in [1.54, 1.807) is 24.3 Å². The van der Waals surface area contributed by atoms with Crippen molar-refractivity contribution in [1.29, 1.82) is 0 Å². The minimum absolute atomic E-state index is 0.119. The molecule has 5 nitrogen and oxygen atoms in total. The number of benzene rings is 2. The number of halogens is 2. The van der Waals surface area contributed by atoms with Crippen molar-refractivity contribution in [2.24, 2.45) is 0 Å². The van der Waals surface area contributed by atoms with Gasteiger partial charge in [0.15, 0.2) is 0 Å². The van der Waals surface area contributed by atoms with E-state index in [9.17, 15) is 9.90 Å². The number of β-amino-alcohol motifs (C(OH)–C–C–N with tert-alkyl or cyclic N) is 1. The van der Waals surface area contributed by atoms with Crippen LogP contribution in [-0.4, -0.2) is 23.2 Å². The Kier molecular flexibility index (Phi) is 6.89. The van der Waals surface area contributed by atoms with E-state index in [-0.39, 0.29) is 15.6 Å². The average Bonchev–Trinajstić information content (AvgIpc) is 2.56. The highest BCUT2D eigenvalue weighted by molar-refractivity contribution is 6.40. The second kappa shape index (κ2) is 8.73. The van der Waals surface area contributed by atoms with Crippen LogP contribution in [0.3, 0.4) is 0 Å².